The van der Waals surface area contributed by atoms with Gasteiger partial charge in [-0.3, -0.25) is 4.57 Å². The highest BCUT2D eigenvalue weighted by Gasteiger charge is 2.62. The van der Waals surface area contributed by atoms with Crippen LogP contribution < -0.4 is 0 Å². The zero-order chi connectivity index (χ0) is 18.1. The van der Waals surface area contributed by atoms with Gasteiger partial charge in [-0.15, -0.1) is 0 Å². The first kappa shape index (κ1) is 18.1. The number of hydrogen-bond acceptors (Lipinski definition) is 5. The molecule has 1 heterocycles. The average Bonchev–Trinajstić information content (AvgIpc) is 2.94. The molecule has 5 nitrogen and oxygen atoms in total. The van der Waals surface area contributed by atoms with Crippen LogP contribution in [0.4, 0.5) is 0 Å². The molecular formula is C18H16BrO5P. The molecule has 0 bridgehead atoms. The smallest absolute Gasteiger partial charge is 0.383 e. The predicted octanol–water partition coefficient (Wildman–Crippen LogP) is 4.69. The zero-order valence-electron chi connectivity index (χ0n) is 13.6. The minimum absolute atomic E-state index is 0.291. The van der Waals surface area contributed by atoms with Crippen LogP contribution in [0.5, 0.6) is 0 Å². The molecule has 0 saturated heterocycles. The van der Waals surface area contributed by atoms with Gasteiger partial charge in [0.25, 0.3) is 5.34 Å². The van der Waals surface area contributed by atoms with Crippen LogP contribution in [0.1, 0.15) is 11.1 Å². The zero-order valence-corrected chi connectivity index (χ0v) is 16.1. The molecule has 1 unspecified atom stereocenters. The van der Waals surface area contributed by atoms with Crippen molar-refractivity contribution in [2.75, 3.05) is 14.2 Å². The van der Waals surface area contributed by atoms with Gasteiger partial charge in [-0.2, -0.15) is 0 Å². The van der Waals surface area contributed by atoms with Gasteiger partial charge in [0.15, 0.2) is 0 Å². The maximum absolute atomic E-state index is 13.4. The summed E-state index contributed by atoms with van der Waals surface area (Å²) in [5, 5.41) is -1.69. The molecule has 130 valence electrons. The van der Waals surface area contributed by atoms with Crippen molar-refractivity contribution < 1.29 is 23.1 Å². The van der Waals surface area contributed by atoms with Gasteiger partial charge in [-0.25, -0.2) is 4.79 Å². The van der Waals surface area contributed by atoms with Crippen molar-refractivity contribution in [1.82, 2.24) is 0 Å². The summed E-state index contributed by atoms with van der Waals surface area (Å²) < 4.78 is 29.9. The first-order valence-electron chi connectivity index (χ1n) is 7.46. The fourth-order valence-electron chi connectivity index (χ4n) is 2.85. The fraction of sp³-hybridized carbons (Fsp3) is 0.167. The van der Waals surface area contributed by atoms with Gasteiger partial charge in [0.1, 0.15) is 0 Å². The minimum atomic E-state index is -3.88. The molecule has 2 aromatic rings. The van der Waals surface area contributed by atoms with Crippen molar-refractivity contribution in [2.45, 2.75) is 5.34 Å². The molecule has 0 radical (unpaired) electrons. The van der Waals surface area contributed by atoms with Crippen LogP contribution in [0.2, 0.25) is 0 Å². The normalized spacial score (nSPS) is 20.7. The first-order chi connectivity index (χ1) is 12.0. The lowest BCUT2D eigenvalue weighted by atomic mass is 10.0. The fourth-order valence-corrected chi connectivity index (χ4v) is 5.88. The lowest BCUT2D eigenvalue weighted by Crippen LogP contribution is -2.29. The second-order valence-electron chi connectivity index (χ2n) is 5.32. The molecular weight excluding hydrogens is 407 g/mol. The highest BCUT2D eigenvalue weighted by atomic mass is 79.9. The second-order valence-corrected chi connectivity index (χ2v) is 8.47. The van der Waals surface area contributed by atoms with E-state index in [1.54, 1.807) is 36.4 Å². The molecule has 0 N–H and O–H groups in total. The average molecular weight is 423 g/mol. The summed E-state index contributed by atoms with van der Waals surface area (Å²) >= 11 is 3.46. The molecule has 2 aromatic carbocycles. The van der Waals surface area contributed by atoms with Crippen molar-refractivity contribution >= 4 is 35.1 Å². The van der Waals surface area contributed by atoms with E-state index in [9.17, 15) is 9.36 Å². The second kappa shape index (κ2) is 6.89. The van der Waals surface area contributed by atoms with Gasteiger partial charge in [0, 0.05) is 19.8 Å². The van der Waals surface area contributed by atoms with E-state index in [0.717, 1.165) is 0 Å². The first-order valence-corrected chi connectivity index (χ1v) is 9.80. The Morgan fingerprint density at radius 3 is 2.00 bits per heavy atom. The highest BCUT2D eigenvalue weighted by Crippen LogP contribution is 2.71. The van der Waals surface area contributed by atoms with Crippen LogP contribution in [0.15, 0.2) is 65.1 Å². The topological polar surface area (TPSA) is 61.8 Å². The lowest BCUT2D eigenvalue weighted by molar-refractivity contribution is -0.141. The largest absolute Gasteiger partial charge is 0.432 e. The molecule has 1 aliphatic rings. The Hall–Kier alpha value is -1.72. The third-order valence-corrected chi connectivity index (χ3v) is 7.62. The van der Waals surface area contributed by atoms with E-state index >= 15 is 0 Å². The maximum atomic E-state index is 13.4. The number of esters is 1. The van der Waals surface area contributed by atoms with E-state index in [4.69, 9.17) is 13.8 Å². The standard InChI is InChI=1S/C18H16BrO5P/c1-22-25(21,23-2)18(14-11-7-4-8-12-14)16(19)15(17(20)24-18)13-9-5-3-6-10-13/h3-12H,1-2H3. The maximum Gasteiger partial charge on any atom is 0.383 e. The van der Waals surface area contributed by atoms with Gasteiger partial charge >= 0.3 is 13.6 Å². The molecule has 0 aliphatic carbocycles. The molecule has 0 aromatic heterocycles. The van der Waals surface area contributed by atoms with Gasteiger partial charge in [0.05, 0.1) is 10.1 Å². The Morgan fingerprint density at radius 1 is 0.960 bits per heavy atom. The molecule has 0 amide bonds. The van der Waals surface area contributed by atoms with Crippen molar-refractivity contribution in [1.29, 1.82) is 0 Å². The number of rotatable bonds is 5. The van der Waals surface area contributed by atoms with Crippen molar-refractivity contribution in [3.8, 4) is 0 Å². The van der Waals surface area contributed by atoms with Gasteiger partial charge < -0.3 is 13.8 Å². The molecule has 1 aliphatic heterocycles. The molecule has 0 saturated carbocycles. The predicted molar refractivity (Wildman–Crippen MR) is 98.1 cm³/mol. The summed E-state index contributed by atoms with van der Waals surface area (Å²) in [7, 11) is -1.35. The number of carbonyl (C=O) groups excluding carboxylic acids is 1. The Morgan fingerprint density at radius 2 is 1.48 bits per heavy atom. The monoisotopic (exact) mass is 422 g/mol. The summed E-state index contributed by atoms with van der Waals surface area (Å²) in [5.41, 5.74) is 1.43. The van der Waals surface area contributed by atoms with E-state index in [2.05, 4.69) is 15.9 Å². The molecule has 0 fully saturated rings. The number of cyclic esters (lactones) is 1. The van der Waals surface area contributed by atoms with Crippen LogP contribution in [0.25, 0.3) is 5.57 Å². The Kier molecular flexibility index (Phi) is 4.98. The van der Waals surface area contributed by atoms with E-state index in [0.29, 0.717) is 21.2 Å². The van der Waals surface area contributed by atoms with Crippen LogP contribution in [0, 0.1) is 0 Å². The number of ether oxygens (including phenoxy) is 1. The number of carbonyl (C=O) groups is 1. The summed E-state index contributed by atoms with van der Waals surface area (Å²) in [6, 6.07) is 17.8. The quantitative estimate of drug-likeness (QED) is 0.516. The summed E-state index contributed by atoms with van der Waals surface area (Å²) in [6.45, 7) is 0. The SMILES string of the molecule is COP(=O)(OC)C1(c2ccccc2)OC(=O)C(c2ccccc2)=C1Br. The molecule has 0 spiro atoms. The number of hydrogen-bond donors (Lipinski definition) is 0. The third kappa shape index (κ3) is 2.70. The summed E-state index contributed by atoms with van der Waals surface area (Å²) in [5.74, 6) is -0.601. The molecule has 7 heteroatoms. The van der Waals surface area contributed by atoms with Crippen molar-refractivity contribution in [2.24, 2.45) is 0 Å². The van der Waals surface area contributed by atoms with Gasteiger partial charge in [0.2, 0.25) is 0 Å². The van der Waals surface area contributed by atoms with E-state index in [1.807, 2.05) is 24.3 Å². The number of benzene rings is 2. The third-order valence-electron chi connectivity index (χ3n) is 4.06. The van der Waals surface area contributed by atoms with E-state index in [1.165, 1.54) is 14.2 Å². The molecule has 25 heavy (non-hydrogen) atoms. The Balaban J connectivity index is 2.33. The van der Waals surface area contributed by atoms with Crippen LogP contribution in [-0.2, 0) is 28.5 Å². The van der Waals surface area contributed by atoms with Crippen LogP contribution in [0.3, 0.4) is 0 Å². The molecule has 3 rings (SSSR count). The Labute approximate surface area is 154 Å². The Bertz CT molecular complexity index is 858. The van der Waals surface area contributed by atoms with Crippen molar-refractivity contribution in [3.63, 3.8) is 0 Å². The summed E-state index contributed by atoms with van der Waals surface area (Å²) in [4.78, 5) is 12.7. The van der Waals surface area contributed by atoms with Crippen LogP contribution >= 0.6 is 23.5 Å². The van der Waals surface area contributed by atoms with Gasteiger partial charge in [-0.05, 0) is 21.5 Å². The van der Waals surface area contributed by atoms with E-state index < -0.39 is 18.9 Å². The number of halogens is 1. The highest BCUT2D eigenvalue weighted by molar-refractivity contribution is 9.12. The lowest BCUT2D eigenvalue weighted by Gasteiger charge is -2.33. The molecule has 1 atom stereocenters. The summed E-state index contributed by atoms with van der Waals surface area (Å²) in [6.07, 6.45) is 0. The van der Waals surface area contributed by atoms with Gasteiger partial charge in [-0.1, -0.05) is 60.7 Å². The van der Waals surface area contributed by atoms with E-state index in [-0.39, 0.29) is 0 Å². The van der Waals surface area contributed by atoms with Crippen LogP contribution in [-0.4, -0.2) is 20.2 Å². The minimum Gasteiger partial charge on any atom is -0.432 e. The van der Waals surface area contributed by atoms with Crippen molar-refractivity contribution in [3.05, 3.63) is 76.3 Å².